The molecule has 1 aromatic carbocycles. The summed E-state index contributed by atoms with van der Waals surface area (Å²) in [5.74, 6) is 1.72. The van der Waals surface area contributed by atoms with Gasteiger partial charge in [0.25, 0.3) is 0 Å². The maximum atomic E-state index is 12.3. The van der Waals surface area contributed by atoms with Gasteiger partial charge in [0.05, 0.1) is 0 Å². The van der Waals surface area contributed by atoms with Gasteiger partial charge in [-0.3, -0.25) is 4.79 Å². The highest BCUT2D eigenvalue weighted by Gasteiger charge is 2.19. The topological polar surface area (TPSA) is 106 Å². The third kappa shape index (κ3) is 6.77. The Morgan fingerprint density at radius 3 is 2.68 bits per heavy atom. The molecule has 0 fully saturated rings. The van der Waals surface area contributed by atoms with Gasteiger partial charge < -0.3 is 21.1 Å². The van der Waals surface area contributed by atoms with E-state index in [1.165, 1.54) is 0 Å². The molecule has 150 valence electrons. The number of primary amides is 1. The van der Waals surface area contributed by atoms with Crippen LogP contribution in [0.4, 0.5) is 4.79 Å². The van der Waals surface area contributed by atoms with Gasteiger partial charge in [-0.25, -0.2) is 9.78 Å². The zero-order valence-corrected chi connectivity index (χ0v) is 17.1. The van der Waals surface area contributed by atoms with Crippen LogP contribution in [0, 0.1) is 13.8 Å². The van der Waals surface area contributed by atoms with Crippen molar-refractivity contribution in [1.29, 1.82) is 0 Å². The van der Waals surface area contributed by atoms with E-state index in [-0.39, 0.29) is 5.91 Å². The summed E-state index contributed by atoms with van der Waals surface area (Å²) < 4.78 is 5.83. The van der Waals surface area contributed by atoms with Gasteiger partial charge in [-0.05, 0) is 55.0 Å². The first-order valence-corrected chi connectivity index (χ1v) is 10.3. The van der Waals surface area contributed by atoms with Crippen LogP contribution < -0.4 is 21.1 Å². The number of nitrogens with two attached hydrogens (primary N) is 1. The molecular formula is C20H26N4O3S. The van der Waals surface area contributed by atoms with E-state index in [1.807, 2.05) is 44.4 Å². The molecule has 4 N–H and O–H groups in total. The Morgan fingerprint density at radius 1 is 1.25 bits per heavy atom. The molecule has 0 radical (unpaired) electrons. The highest BCUT2D eigenvalue weighted by atomic mass is 32.2. The van der Waals surface area contributed by atoms with Crippen molar-refractivity contribution in [2.24, 2.45) is 5.73 Å². The fraction of sp³-hybridized carbons (Fsp3) is 0.350. The molecule has 2 aromatic rings. The first-order valence-electron chi connectivity index (χ1n) is 8.91. The third-order valence-corrected chi connectivity index (χ3v) is 4.71. The van der Waals surface area contributed by atoms with Crippen LogP contribution in [0.3, 0.4) is 0 Å². The standard InChI is InChI=1S/C20H26N4O3S/c1-13-4-5-14(2)17(10-13)27-18-7-6-15(11-22-18)12-23-19(25)16(8-9-28-3)24-20(21)26/h4-7,10-11,16H,8-9,12H2,1-3H3,(H,23,25)(H3,21,24,26). The van der Waals surface area contributed by atoms with E-state index in [2.05, 4.69) is 15.6 Å². The van der Waals surface area contributed by atoms with Gasteiger partial charge in [-0.1, -0.05) is 18.2 Å². The second-order valence-corrected chi connectivity index (χ2v) is 7.42. The number of aryl methyl sites for hydroxylation is 2. The van der Waals surface area contributed by atoms with Gasteiger partial charge in [0.2, 0.25) is 11.8 Å². The van der Waals surface area contributed by atoms with E-state index in [1.54, 1.807) is 24.0 Å². The summed E-state index contributed by atoms with van der Waals surface area (Å²) in [4.78, 5) is 27.7. The summed E-state index contributed by atoms with van der Waals surface area (Å²) in [7, 11) is 0. The first-order chi connectivity index (χ1) is 13.4. The van der Waals surface area contributed by atoms with Crippen LogP contribution in [0.15, 0.2) is 36.5 Å². The molecule has 1 atom stereocenters. The molecular weight excluding hydrogens is 376 g/mol. The Bertz CT molecular complexity index is 812. The summed E-state index contributed by atoms with van der Waals surface area (Å²) in [6.07, 6.45) is 4.10. The molecule has 0 aliphatic carbocycles. The van der Waals surface area contributed by atoms with Gasteiger partial charge in [-0.2, -0.15) is 11.8 Å². The summed E-state index contributed by atoms with van der Waals surface area (Å²) in [6.45, 7) is 4.28. The van der Waals surface area contributed by atoms with Gasteiger partial charge in [0.15, 0.2) is 0 Å². The van der Waals surface area contributed by atoms with Crippen LogP contribution >= 0.6 is 11.8 Å². The van der Waals surface area contributed by atoms with E-state index in [0.29, 0.717) is 18.8 Å². The van der Waals surface area contributed by atoms with Gasteiger partial charge in [0, 0.05) is 18.8 Å². The predicted octanol–water partition coefficient (Wildman–Crippen LogP) is 2.90. The molecule has 0 bridgehead atoms. The average Bonchev–Trinajstić information content (AvgIpc) is 2.67. The average molecular weight is 403 g/mol. The molecule has 0 saturated carbocycles. The van der Waals surface area contributed by atoms with Crippen molar-refractivity contribution in [2.45, 2.75) is 32.9 Å². The van der Waals surface area contributed by atoms with E-state index in [0.717, 1.165) is 28.2 Å². The van der Waals surface area contributed by atoms with Crippen molar-refractivity contribution in [2.75, 3.05) is 12.0 Å². The molecule has 3 amide bonds. The number of benzene rings is 1. The SMILES string of the molecule is CSCCC(NC(N)=O)C(=O)NCc1ccc(Oc2cc(C)ccc2C)nc1. The second kappa shape index (κ2) is 10.6. The minimum atomic E-state index is -0.712. The monoisotopic (exact) mass is 402 g/mol. The lowest BCUT2D eigenvalue weighted by Crippen LogP contribution is -2.48. The van der Waals surface area contributed by atoms with E-state index in [4.69, 9.17) is 10.5 Å². The second-order valence-electron chi connectivity index (χ2n) is 6.44. The Kier molecular flexibility index (Phi) is 8.13. The molecule has 1 unspecified atom stereocenters. The number of aromatic nitrogens is 1. The number of carbonyl (C=O) groups excluding carboxylic acids is 2. The fourth-order valence-electron chi connectivity index (χ4n) is 2.49. The lowest BCUT2D eigenvalue weighted by atomic mass is 10.1. The summed E-state index contributed by atoms with van der Waals surface area (Å²) in [5.41, 5.74) is 8.11. The lowest BCUT2D eigenvalue weighted by Gasteiger charge is -2.17. The zero-order valence-electron chi connectivity index (χ0n) is 16.3. The number of nitrogens with one attached hydrogen (secondary N) is 2. The summed E-state index contributed by atoms with van der Waals surface area (Å²) >= 11 is 1.60. The third-order valence-electron chi connectivity index (χ3n) is 4.07. The maximum absolute atomic E-state index is 12.3. The molecule has 0 spiro atoms. The minimum Gasteiger partial charge on any atom is -0.439 e. The van der Waals surface area contributed by atoms with E-state index < -0.39 is 12.1 Å². The van der Waals surface area contributed by atoms with Gasteiger partial charge >= 0.3 is 6.03 Å². The molecule has 8 heteroatoms. The highest BCUT2D eigenvalue weighted by Crippen LogP contribution is 2.24. The molecule has 0 saturated heterocycles. The Hall–Kier alpha value is -2.74. The number of nitrogens with zero attached hydrogens (tertiary/aromatic N) is 1. The quantitative estimate of drug-likeness (QED) is 0.598. The zero-order chi connectivity index (χ0) is 20.5. The van der Waals surface area contributed by atoms with Crippen LogP contribution in [0.25, 0.3) is 0 Å². The van der Waals surface area contributed by atoms with Crippen molar-refractivity contribution in [3.8, 4) is 11.6 Å². The van der Waals surface area contributed by atoms with E-state index >= 15 is 0 Å². The number of urea groups is 1. The van der Waals surface area contributed by atoms with Crippen LogP contribution in [0.2, 0.25) is 0 Å². The molecule has 0 aliphatic heterocycles. The number of carbonyl (C=O) groups is 2. The van der Waals surface area contributed by atoms with Crippen molar-refractivity contribution >= 4 is 23.7 Å². The normalized spacial score (nSPS) is 11.5. The number of thioether (sulfide) groups is 1. The molecule has 1 aromatic heterocycles. The number of amides is 3. The maximum Gasteiger partial charge on any atom is 0.312 e. The predicted molar refractivity (Wildman–Crippen MR) is 112 cm³/mol. The number of ether oxygens (including phenoxy) is 1. The van der Waals surface area contributed by atoms with Crippen LogP contribution in [-0.4, -0.2) is 35.0 Å². The van der Waals surface area contributed by atoms with Crippen LogP contribution in [0.1, 0.15) is 23.1 Å². The van der Waals surface area contributed by atoms with Gasteiger partial charge in [-0.15, -0.1) is 0 Å². The first kappa shape index (κ1) is 21.6. The van der Waals surface area contributed by atoms with E-state index in [9.17, 15) is 9.59 Å². The summed E-state index contributed by atoms with van der Waals surface area (Å²) in [5, 5.41) is 5.27. The fourth-order valence-corrected chi connectivity index (χ4v) is 2.97. The van der Waals surface area contributed by atoms with Crippen LogP contribution in [0.5, 0.6) is 11.6 Å². The minimum absolute atomic E-state index is 0.274. The smallest absolute Gasteiger partial charge is 0.312 e. The number of rotatable bonds is 9. The lowest BCUT2D eigenvalue weighted by molar-refractivity contribution is -0.123. The molecule has 0 aliphatic rings. The molecule has 7 nitrogen and oxygen atoms in total. The Balaban J connectivity index is 1.93. The summed E-state index contributed by atoms with van der Waals surface area (Å²) in [6, 6.07) is 8.23. The van der Waals surface area contributed by atoms with Crippen molar-refractivity contribution in [1.82, 2.24) is 15.6 Å². The number of hydrogen-bond donors (Lipinski definition) is 3. The molecule has 1 heterocycles. The van der Waals surface area contributed by atoms with Crippen molar-refractivity contribution in [3.63, 3.8) is 0 Å². The number of pyridine rings is 1. The highest BCUT2D eigenvalue weighted by molar-refractivity contribution is 7.98. The Labute approximate surface area is 169 Å². The Morgan fingerprint density at radius 2 is 2.04 bits per heavy atom. The molecule has 2 rings (SSSR count). The number of hydrogen-bond acceptors (Lipinski definition) is 5. The largest absolute Gasteiger partial charge is 0.439 e. The molecule has 28 heavy (non-hydrogen) atoms. The van der Waals surface area contributed by atoms with Crippen molar-refractivity contribution < 1.29 is 14.3 Å². The van der Waals surface area contributed by atoms with Crippen LogP contribution in [-0.2, 0) is 11.3 Å². The van der Waals surface area contributed by atoms with Crippen molar-refractivity contribution in [3.05, 3.63) is 53.2 Å². The van der Waals surface area contributed by atoms with Gasteiger partial charge in [0.1, 0.15) is 11.8 Å².